The Balaban J connectivity index is 2.09. The fourth-order valence-corrected chi connectivity index (χ4v) is 2.55. The van der Waals surface area contributed by atoms with Crippen LogP contribution in [-0.4, -0.2) is 53.0 Å². The number of aliphatic hydroxyl groups excluding tert-OH is 1. The summed E-state index contributed by atoms with van der Waals surface area (Å²) in [5, 5.41) is 10.1. The summed E-state index contributed by atoms with van der Waals surface area (Å²) in [4.78, 5) is 9.40. The van der Waals surface area contributed by atoms with Crippen LogP contribution in [0.2, 0.25) is 0 Å². The first-order valence-electron chi connectivity index (χ1n) is 7.35. The highest BCUT2D eigenvalue weighted by Gasteiger charge is 2.36. The smallest absolute Gasteiger partial charge is 0.314 e. The molecule has 0 aromatic heterocycles. The SMILES string of the molecule is C[CH+]/C=C1/N=C(N2CCN(C(C)C)CC2)C=C(O)[C+]1C. The molecule has 0 unspecified atom stereocenters. The van der Waals surface area contributed by atoms with Gasteiger partial charge in [-0.05, 0) is 13.8 Å². The predicted molar refractivity (Wildman–Crippen MR) is 83.4 cm³/mol. The summed E-state index contributed by atoms with van der Waals surface area (Å²) in [6, 6.07) is 0.593. The summed E-state index contributed by atoms with van der Waals surface area (Å²) in [7, 11) is 0. The van der Waals surface area contributed by atoms with Gasteiger partial charge in [-0.3, -0.25) is 4.90 Å². The van der Waals surface area contributed by atoms with Gasteiger partial charge in [0.15, 0.2) is 0 Å². The van der Waals surface area contributed by atoms with Gasteiger partial charge in [0.25, 0.3) is 5.76 Å². The summed E-state index contributed by atoms with van der Waals surface area (Å²) in [6.45, 7) is 12.3. The number of dihydropyridines is 1. The van der Waals surface area contributed by atoms with E-state index in [1.807, 2.05) is 26.3 Å². The van der Waals surface area contributed by atoms with Crippen LogP contribution in [0.5, 0.6) is 0 Å². The van der Waals surface area contributed by atoms with Crippen LogP contribution in [-0.2, 0) is 0 Å². The number of aliphatic imine (C=N–C) groups is 1. The predicted octanol–water partition coefficient (Wildman–Crippen LogP) is 2.57. The molecule has 0 radical (unpaired) electrons. The molecule has 1 saturated heterocycles. The van der Waals surface area contributed by atoms with Crippen LogP contribution < -0.4 is 0 Å². The molecule has 0 bridgehead atoms. The van der Waals surface area contributed by atoms with Gasteiger partial charge in [-0.15, -0.1) is 0 Å². The van der Waals surface area contributed by atoms with Gasteiger partial charge in [0, 0.05) is 46.1 Å². The molecule has 1 N–H and O–H groups in total. The Labute approximate surface area is 122 Å². The van der Waals surface area contributed by atoms with Crippen molar-refractivity contribution < 1.29 is 5.11 Å². The van der Waals surface area contributed by atoms with Crippen molar-refractivity contribution >= 4 is 5.84 Å². The molecule has 0 amide bonds. The second kappa shape index (κ2) is 6.27. The molecule has 2 rings (SSSR count). The standard InChI is InChI=1S/C16H24N3O/c1-5-6-14-13(4)15(20)11-16(17-14)19-9-7-18(8-10-19)12(2)3/h5-6,11-12H,7-10H2,1-4H3/q+1/p+1/b14-6+. The van der Waals surface area contributed by atoms with E-state index in [2.05, 4.69) is 28.6 Å². The molecule has 108 valence electrons. The maximum Gasteiger partial charge on any atom is 0.314 e. The van der Waals surface area contributed by atoms with Crippen molar-refractivity contribution in [3.63, 3.8) is 0 Å². The molecule has 4 heteroatoms. The Morgan fingerprint density at radius 1 is 1.35 bits per heavy atom. The monoisotopic (exact) mass is 275 g/mol. The largest absolute Gasteiger partial charge is 0.486 e. The van der Waals surface area contributed by atoms with Crippen LogP contribution in [0.25, 0.3) is 0 Å². The first-order chi connectivity index (χ1) is 9.52. The van der Waals surface area contributed by atoms with Crippen molar-refractivity contribution in [3.05, 3.63) is 35.9 Å². The van der Waals surface area contributed by atoms with E-state index in [1.54, 1.807) is 6.08 Å². The van der Waals surface area contributed by atoms with Crippen molar-refractivity contribution in [2.75, 3.05) is 26.2 Å². The van der Waals surface area contributed by atoms with Gasteiger partial charge in [0.05, 0.1) is 6.42 Å². The van der Waals surface area contributed by atoms with E-state index in [0.29, 0.717) is 11.8 Å². The summed E-state index contributed by atoms with van der Waals surface area (Å²) in [5.74, 6) is 2.05. The van der Waals surface area contributed by atoms with Gasteiger partial charge in [-0.25, -0.2) is 0 Å². The van der Waals surface area contributed by atoms with Gasteiger partial charge in [0.2, 0.25) is 17.8 Å². The molecule has 4 nitrogen and oxygen atoms in total. The molecule has 0 aromatic rings. The Hall–Kier alpha value is -1.55. The molecule has 0 atom stereocenters. The highest BCUT2D eigenvalue weighted by Crippen LogP contribution is 2.27. The lowest BCUT2D eigenvalue weighted by atomic mass is 10.0. The normalized spacial score (nSPS) is 23.1. The molecule has 2 aliphatic rings. The fraction of sp³-hybridized carbons (Fsp3) is 0.562. The number of hydrogen-bond donors (Lipinski definition) is 1. The lowest BCUT2D eigenvalue weighted by molar-refractivity contribution is 0.149. The van der Waals surface area contributed by atoms with Crippen LogP contribution in [0.3, 0.4) is 0 Å². The van der Waals surface area contributed by atoms with Crippen LogP contribution in [0, 0.1) is 12.3 Å². The zero-order valence-electron chi connectivity index (χ0n) is 12.9. The van der Waals surface area contributed by atoms with Crippen LogP contribution in [0.4, 0.5) is 0 Å². The molecule has 0 saturated carbocycles. The molecule has 1 fully saturated rings. The highest BCUT2D eigenvalue weighted by atomic mass is 16.3. The average molecular weight is 275 g/mol. The van der Waals surface area contributed by atoms with Gasteiger partial charge in [0.1, 0.15) is 6.08 Å². The minimum absolute atomic E-state index is 0.328. The van der Waals surface area contributed by atoms with E-state index in [-0.39, 0.29) is 0 Å². The van der Waals surface area contributed by atoms with Crippen molar-refractivity contribution in [3.8, 4) is 0 Å². The number of allylic oxidation sites excluding steroid dienone is 1. The maximum absolute atomic E-state index is 10.1. The lowest BCUT2D eigenvalue weighted by Crippen LogP contribution is -2.50. The topological polar surface area (TPSA) is 39.1 Å². The second-order valence-corrected chi connectivity index (χ2v) is 5.63. The van der Waals surface area contributed by atoms with Gasteiger partial charge in [-0.2, -0.15) is 0 Å². The van der Waals surface area contributed by atoms with Gasteiger partial charge >= 0.3 is 5.70 Å². The van der Waals surface area contributed by atoms with E-state index >= 15 is 0 Å². The number of aliphatic hydroxyl groups is 1. The van der Waals surface area contributed by atoms with E-state index in [4.69, 9.17) is 0 Å². The minimum atomic E-state index is 0.328. The molecule has 2 aliphatic heterocycles. The summed E-state index contributed by atoms with van der Waals surface area (Å²) < 4.78 is 0. The Morgan fingerprint density at radius 3 is 2.55 bits per heavy atom. The number of nitrogens with zero attached hydrogens (tertiary/aromatic N) is 3. The first kappa shape index (κ1) is 14.9. The maximum atomic E-state index is 10.1. The number of piperazine rings is 1. The van der Waals surface area contributed by atoms with Crippen LogP contribution >= 0.6 is 0 Å². The second-order valence-electron chi connectivity index (χ2n) is 5.63. The molecule has 2 heterocycles. The minimum Gasteiger partial charge on any atom is -0.486 e. The quantitative estimate of drug-likeness (QED) is 0.787. The Kier molecular flexibility index (Phi) is 4.65. The molecular formula is C16H25N3O+2. The molecule has 0 aliphatic carbocycles. The summed E-state index contributed by atoms with van der Waals surface area (Å²) >= 11 is 0. The summed E-state index contributed by atoms with van der Waals surface area (Å²) in [5.41, 5.74) is 0.855. The number of rotatable bonds is 2. The average Bonchev–Trinajstić information content (AvgIpc) is 2.44. The third kappa shape index (κ3) is 3.12. The van der Waals surface area contributed by atoms with E-state index in [0.717, 1.165) is 43.6 Å². The number of hydrogen-bond acceptors (Lipinski definition) is 4. The Bertz CT molecular complexity index is 429. The Morgan fingerprint density at radius 2 is 2.00 bits per heavy atom. The number of amidine groups is 1. The van der Waals surface area contributed by atoms with E-state index < -0.39 is 0 Å². The van der Waals surface area contributed by atoms with Crippen molar-refractivity contribution in [2.45, 2.75) is 33.7 Å². The van der Waals surface area contributed by atoms with Gasteiger partial charge in [-0.1, -0.05) is 4.99 Å². The van der Waals surface area contributed by atoms with Crippen molar-refractivity contribution in [1.82, 2.24) is 9.80 Å². The third-order valence-corrected chi connectivity index (χ3v) is 3.96. The first-order valence-corrected chi connectivity index (χ1v) is 7.35. The van der Waals surface area contributed by atoms with E-state index in [1.165, 1.54) is 0 Å². The van der Waals surface area contributed by atoms with Crippen molar-refractivity contribution in [1.29, 1.82) is 0 Å². The molecular weight excluding hydrogens is 250 g/mol. The fourth-order valence-electron chi connectivity index (χ4n) is 2.55. The van der Waals surface area contributed by atoms with Crippen LogP contribution in [0.15, 0.2) is 28.6 Å². The van der Waals surface area contributed by atoms with Crippen LogP contribution in [0.1, 0.15) is 27.7 Å². The highest BCUT2D eigenvalue weighted by molar-refractivity contribution is 5.96. The zero-order chi connectivity index (χ0) is 14.7. The molecule has 0 spiro atoms. The zero-order valence-corrected chi connectivity index (χ0v) is 12.9. The third-order valence-electron chi connectivity index (χ3n) is 3.96. The summed E-state index contributed by atoms with van der Waals surface area (Å²) in [6.07, 6.45) is 5.69. The molecule has 20 heavy (non-hydrogen) atoms. The molecule has 0 aromatic carbocycles. The van der Waals surface area contributed by atoms with Gasteiger partial charge < -0.3 is 10.0 Å². The van der Waals surface area contributed by atoms with Crippen molar-refractivity contribution in [2.24, 2.45) is 4.99 Å². The lowest BCUT2D eigenvalue weighted by Gasteiger charge is -2.37. The van der Waals surface area contributed by atoms with E-state index in [9.17, 15) is 5.11 Å².